The highest BCUT2D eigenvalue weighted by Crippen LogP contribution is 2.35. The standard InChI is InChI=1S/C27H34N2O3/c1-16(2)32-27(30)23-14-24-22(21-12-17(3)11-18(4)13-21)7-9-29(24)26(19(23)5)20(6)25-15-28-8-10-31-25/h7,9,11-14,16,20,25,28H,8,10,15H2,1-6H3. The van der Waals surface area contributed by atoms with Gasteiger partial charge in [0.05, 0.1) is 29.9 Å². The van der Waals surface area contributed by atoms with Crippen LogP contribution in [0.25, 0.3) is 16.6 Å². The second-order valence-electron chi connectivity index (χ2n) is 9.29. The summed E-state index contributed by atoms with van der Waals surface area (Å²) in [4.78, 5) is 13.1. The lowest BCUT2D eigenvalue weighted by Gasteiger charge is -2.31. The lowest BCUT2D eigenvalue weighted by Crippen LogP contribution is -2.41. The molecule has 2 aromatic heterocycles. The predicted octanol–water partition coefficient (Wildman–Crippen LogP) is 5.19. The molecule has 3 aromatic rings. The van der Waals surface area contributed by atoms with Crippen molar-refractivity contribution in [1.29, 1.82) is 0 Å². The van der Waals surface area contributed by atoms with Crippen LogP contribution in [0.2, 0.25) is 0 Å². The first-order chi connectivity index (χ1) is 15.3. The summed E-state index contributed by atoms with van der Waals surface area (Å²) in [6.45, 7) is 14.6. The van der Waals surface area contributed by atoms with E-state index >= 15 is 0 Å². The molecule has 170 valence electrons. The summed E-state index contributed by atoms with van der Waals surface area (Å²) in [5.41, 5.74) is 8.41. The Labute approximate surface area is 190 Å². The monoisotopic (exact) mass is 434 g/mol. The zero-order chi connectivity index (χ0) is 23.0. The van der Waals surface area contributed by atoms with Crippen LogP contribution < -0.4 is 5.32 Å². The molecule has 5 heteroatoms. The Hall–Kier alpha value is -2.63. The van der Waals surface area contributed by atoms with Gasteiger partial charge < -0.3 is 19.2 Å². The van der Waals surface area contributed by atoms with Gasteiger partial charge in [0.2, 0.25) is 0 Å². The number of fused-ring (bicyclic) bond motifs is 1. The number of benzene rings is 1. The molecule has 0 bridgehead atoms. The topological polar surface area (TPSA) is 52.0 Å². The van der Waals surface area contributed by atoms with Gasteiger partial charge in [-0.1, -0.05) is 36.2 Å². The largest absolute Gasteiger partial charge is 0.459 e. The van der Waals surface area contributed by atoms with E-state index in [1.54, 1.807) is 0 Å². The van der Waals surface area contributed by atoms with E-state index in [0.29, 0.717) is 12.2 Å². The second-order valence-corrected chi connectivity index (χ2v) is 9.29. The van der Waals surface area contributed by atoms with E-state index in [0.717, 1.165) is 41.0 Å². The molecular formula is C27H34N2O3. The maximum atomic E-state index is 13.1. The maximum absolute atomic E-state index is 13.1. The van der Waals surface area contributed by atoms with Crippen molar-refractivity contribution in [3.63, 3.8) is 0 Å². The number of esters is 1. The molecule has 1 aliphatic heterocycles. The van der Waals surface area contributed by atoms with Gasteiger partial charge in [0.15, 0.2) is 0 Å². The molecule has 3 heterocycles. The van der Waals surface area contributed by atoms with Crippen molar-refractivity contribution in [2.45, 2.75) is 59.7 Å². The first kappa shape index (κ1) is 22.6. The SMILES string of the molecule is Cc1cc(C)cc(-c2ccn3c(C(C)C4CNCCO4)c(C)c(C(=O)OC(C)C)cc23)c1. The van der Waals surface area contributed by atoms with Crippen LogP contribution in [0.5, 0.6) is 0 Å². The molecule has 2 unspecified atom stereocenters. The molecule has 1 N–H and O–H groups in total. The Balaban J connectivity index is 1.93. The molecule has 1 aliphatic rings. The number of nitrogens with one attached hydrogen (secondary N) is 1. The van der Waals surface area contributed by atoms with Crippen LogP contribution >= 0.6 is 0 Å². The minimum absolute atomic E-state index is 0.0501. The number of hydrogen-bond acceptors (Lipinski definition) is 4. The van der Waals surface area contributed by atoms with Crippen molar-refractivity contribution in [3.05, 3.63) is 64.5 Å². The van der Waals surface area contributed by atoms with Crippen LogP contribution in [0, 0.1) is 20.8 Å². The number of carbonyl (C=O) groups excluding carboxylic acids is 1. The molecule has 4 rings (SSSR count). The van der Waals surface area contributed by atoms with E-state index in [9.17, 15) is 4.79 Å². The van der Waals surface area contributed by atoms with Crippen molar-refractivity contribution < 1.29 is 14.3 Å². The van der Waals surface area contributed by atoms with Gasteiger partial charge in [0.25, 0.3) is 0 Å². The first-order valence-electron chi connectivity index (χ1n) is 11.5. The number of morpholine rings is 1. The van der Waals surface area contributed by atoms with Crippen LogP contribution in [-0.4, -0.2) is 42.3 Å². The third kappa shape index (κ3) is 4.32. The molecule has 0 spiro atoms. The molecule has 0 radical (unpaired) electrons. The fourth-order valence-electron chi connectivity index (χ4n) is 4.87. The number of aromatic nitrogens is 1. The summed E-state index contributed by atoms with van der Waals surface area (Å²) in [5.74, 6) is -0.166. The zero-order valence-corrected chi connectivity index (χ0v) is 20.0. The summed E-state index contributed by atoms with van der Waals surface area (Å²) < 4.78 is 13.9. The van der Waals surface area contributed by atoms with E-state index in [1.165, 1.54) is 11.1 Å². The van der Waals surface area contributed by atoms with Crippen LogP contribution in [0.1, 0.15) is 59.4 Å². The number of hydrogen-bond donors (Lipinski definition) is 1. The number of ether oxygens (including phenoxy) is 2. The van der Waals surface area contributed by atoms with Gasteiger partial charge in [-0.25, -0.2) is 4.79 Å². The fraction of sp³-hybridized carbons (Fsp3) is 0.444. The van der Waals surface area contributed by atoms with Crippen LogP contribution in [0.3, 0.4) is 0 Å². The molecule has 2 atom stereocenters. The molecule has 0 aliphatic carbocycles. The molecule has 1 fully saturated rings. The van der Waals surface area contributed by atoms with Gasteiger partial charge in [-0.3, -0.25) is 0 Å². The highest BCUT2D eigenvalue weighted by Gasteiger charge is 2.28. The molecule has 0 amide bonds. The minimum atomic E-state index is -0.274. The lowest BCUT2D eigenvalue weighted by molar-refractivity contribution is 0.0134. The zero-order valence-electron chi connectivity index (χ0n) is 20.0. The van der Waals surface area contributed by atoms with Crippen molar-refractivity contribution in [2.24, 2.45) is 0 Å². The van der Waals surface area contributed by atoms with E-state index in [2.05, 4.69) is 61.0 Å². The van der Waals surface area contributed by atoms with Gasteiger partial charge in [-0.2, -0.15) is 0 Å². The highest BCUT2D eigenvalue weighted by molar-refractivity contribution is 5.95. The summed E-state index contributed by atoms with van der Waals surface area (Å²) in [6.07, 6.45) is 2.00. The molecular weight excluding hydrogens is 400 g/mol. The third-order valence-electron chi connectivity index (χ3n) is 6.30. The van der Waals surface area contributed by atoms with Crippen molar-refractivity contribution in [1.82, 2.24) is 9.72 Å². The van der Waals surface area contributed by atoms with Crippen LogP contribution in [0.15, 0.2) is 36.5 Å². The van der Waals surface area contributed by atoms with Gasteiger partial charge in [0, 0.05) is 36.5 Å². The van der Waals surface area contributed by atoms with E-state index in [1.807, 2.05) is 26.8 Å². The summed E-state index contributed by atoms with van der Waals surface area (Å²) in [5, 5.41) is 3.43. The number of aryl methyl sites for hydroxylation is 2. The predicted molar refractivity (Wildman–Crippen MR) is 129 cm³/mol. The maximum Gasteiger partial charge on any atom is 0.338 e. The minimum Gasteiger partial charge on any atom is -0.459 e. The van der Waals surface area contributed by atoms with Gasteiger partial charge >= 0.3 is 5.97 Å². The number of carbonyl (C=O) groups is 1. The molecule has 32 heavy (non-hydrogen) atoms. The van der Waals surface area contributed by atoms with Gasteiger partial charge in [0.1, 0.15) is 0 Å². The quantitative estimate of drug-likeness (QED) is 0.562. The summed E-state index contributed by atoms with van der Waals surface area (Å²) >= 11 is 0. The van der Waals surface area contributed by atoms with Crippen LogP contribution in [0.4, 0.5) is 0 Å². The van der Waals surface area contributed by atoms with E-state index in [-0.39, 0.29) is 24.1 Å². The number of rotatable bonds is 5. The Morgan fingerprint density at radius 3 is 2.47 bits per heavy atom. The van der Waals surface area contributed by atoms with E-state index in [4.69, 9.17) is 9.47 Å². The third-order valence-corrected chi connectivity index (χ3v) is 6.30. The van der Waals surface area contributed by atoms with Gasteiger partial charge in [-0.15, -0.1) is 0 Å². The average Bonchev–Trinajstić information content (AvgIpc) is 3.15. The molecule has 1 saturated heterocycles. The Morgan fingerprint density at radius 2 is 1.84 bits per heavy atom. The Morgan fingerprint density at radius 1 is 1.12 bits per heavy atom. The normalized spacial score (nSPS) is 17.7. The number of pyridine rings is 1. The van der Waals surface area contributed by atoms with Crippen molar-refractivity contribution in [3.8, 4) is 11.1 Å². The summed E-state index contributed by atoms with van der Waals surface area (Å²) in [6, 6.07) is 10.7. The highest BCUT2D eigenvalue weighted by atomic mass is 16.5. The van der Waals surface area contributed by atoms with Crippen LogP contribution in [-0.2, 0) is 9.47 Å². The number of nitrogens with zero attached hydrogens (tertiary/aromatic N) is 1. The van der Waals surface area contributed by atoms with Gasteiger partial charge in [-0.05, 0) is 57.9 Å². The smallest absolute Gasteiger partial charge is 0.338 e. The average molecular weight is 435 g/mol. The first-order valence-corrected chi connectivity index (χ1v) is 11.5. The lowest BCUT2D eigenvalue weighted by atomic mass is 9.92. The summed E-state index contributed by atoms with van der Waals surface area (Å²) in [7, 11) is 0. The van der Waals surface area contributed by atoms with Crippen molar-refractivity contribution >= 4 is 11.5 Å². The van der Waals surface area contributed by atoms with E-state index < -0.39 is 0 Å². The van der Waals surface area contributed by atoms with Crippen molar-refractivity contribution in [2.75, 3.05) is 19.7 Å². The second kappa shape index (κ2) is 9.08. The fourth-order valence-corrected chi connectivity index (χ4v) is 4.87. The molecule has 5 nitrogen and oxygen atoms in total. The molecule has 1 aromatic carbocycles. The molecule has 0 saturated carbocycles. The Kier molecular flexibility index (Phi) is 6.40. The Bertz CT molecular complexity index is 1120.